The highest BCUT2D eigenvalue weighted by Crippen LogP contribution is 1.96. The molecule has 0 aromatic carbocycles. The summed E-state index contributed by atoms with van der Waals surface area (Å²) in [5.74, 6) is -0.876. The molecule has 0 spiro atoms. The molecule has 0 amide bonds. The van der Waals surface area contributed by atoms with Crippen LogP contribution in [-0.2, 0) is 9.59 Å². The number of carbonyl (C=O) groups excluding carboxylic acids is 1. The molecule has 1 aliphatic rings. The van der Waals surface area contributed by atoms with Gasteiger partial charge >= 0.3 is 5.97 Å². The molecule has 1 atom stereocenters. The molecule has 0 unspecified atom stereocenters. The fraction of sp³-hybridized carbons (Fsp3) is 0.667. The van der Waals surface area contributed by atoms with E-state index in [1.54, 1.807) is 4.81 Å². The van der Waals surface area contributed by atoms with Gasteiger partial charge in [-0.05, 0) is 6.54 Å². The molecule has 0 bridgehead atoms. The second kappa shape index (κ2) is 4.23. The summed E-state index contributed by atoms with van der Waals surface area (Å²) in [4.78, 5) is 22.3. The lowest BCUT2D eigenvalue weighted by atomic mass is 9.92. The molecule has 0 saturated carbocycles. The first kappa shape index (κ1) is 9.21. The van der Waals surface area contributed by atoms with Crippen LogP contribution >= 0.6 is 0 Å². The smallest absolute Gasteiger partial charge is 0.321 e. The zero-order chi connectivity index (χ0) is 8.97. The summed E-state index contributed by atoms with van der Waals surface area (Å²) >= 11 is 0. The summed E-state index contributed by atoms with van der Waals surface area (Å²) in [7, 11) is 1.37. The van der Waals surface area contributed by atoms with Crippen LogP contribution in [0, 0.1) is 0 Å². The van der Waals surface area contributed by atoms with Gasteiger partial charge in [-0.3, -0.25) is 4.79 Å². The van der Waals surface area contributed by atoms with E-state index in [1.165, 1.54) is 7.41 Å². The van der Waals surface area contributed by atoms with E-state index in [0.29, 0.717) is 25.8 Å². The highest BCUT2D eigenvalue weighted by Gasteiger charge is 2.24. The minimum absolute atomic E-state index is 0.355. The molecule has 12 heavy (non-hydrogen) atoms. The predicted molar refractivity (Wildman–Crippen MR) is 43.5 cm³/mol. The van der Waals surface area contributed by atoms with Crippen LogP contribution in [0.1, 0.15) is 0 Å². The van der Waals surface area contributed by atoms with Gasteiger partial charge in [0.1, 0.15) is 6.04 Å². The van der Waals surface area contributed by atoms with E-state index in [9.17, 15) is 9.59 Å². The molecule has 2 N–H and O–H groups in total. The lowest BCUT2D eigenvalue weighted by Crippen LogP contribution is -2.55. The molecule has 1 rings (SSSR count). The fourth-order valence-electron chi connectivity index (χ4n) is 1.16. The number of carboxylic acid groups (broad SMARTS) is 1. The third-order valence-corrected chi connectivity index (χ3v) is 1.78. The Morgan fingerprint density at radius 2 is 2.50 bits per heavy atom. The molecule has 65 valence electrons. The maximum Gasteiger partial charge on any atom is 0.321 e. The molecule has 0 aromatic rings. The molecular weight excluding hydrogens is 159 g/mol. The Morgan fingerprint density at radius 3 is 3.08 bits per heavy atom. The molecule has 1 saturated heterocycles. The second-order valence-corrected chi connectivity index (χ2v) is 2.63. The second-order valence-electron chi connectivity index (χ2n) is 2.63. The van der Waals surface area contributed by atoms with Gasteiger partial charge in [0.2, 0.25) is 0 Å². The van der Waals surface area contributed by atoms with E-state index in [-0.39, 0.29) is 0 Å². The van der Waals surface area contributed by atoms with Gasteiger partial charge in [0.05, 0.1) is 6.19 Å². The first-order chi connectivity index (χ1) is 5.74. The van der Waals surface area contributed by atoms with Crippen LogP contribution in [0.5, 0.6) is 0 Å². The lowest BCUT2D eigenvalue weighted by Gasteiger charge is -2.29. The number of aliphatic carboxylic acids is 1. The van der Waals surface area contributed by atoms with Gasteiger partial charge in [0, 0.05) is 13.1 Å². The minimum Gasteiger partial charge on any atom is -0.480 e. The van der Waals surface area contributed by atoms with Crippen LogP contribution in [0.4, 0.5) is 0 Å². The van der Waals surface area contributed by atoms with E-state index < -0.39 is 12.0 Å². The Morgan fingerprint density at radius 1 is 1.75 bits per heavy atom. The number of hydrogen-bond acceptors (Lipinski definition) is 4. The van der Waals surface area contributed by atoms with Crippen LogP contribution in [0.25, 0.3) is 0 Å². The third-order valence-electron chi connectivity index (χ3n) is 1.78. The Hall–Kier alpha value is -0.875. The van der Waals surface area contributed by atoms with Crippen LogP contribution < -0.4 is 5.32 Å². The highest BCUT2D eigenvalue weighted by molar-refractivity contribution is 6.64. The molecule has 0 aromatic heterocycles. The van der Waals surface area contributed by atoms with Crippen molar-refractivity contribution in [2.75, 3.05) is 19.6 Å². The van der Waals surface area contributed by atoms with Crippen molar-refractivity contribution in [2.45, 2.75) is 6.04 Å². The summed E-state index contributed by atoms with van der Waals surface area (Å²) in [5.41, 5.74) is 0. The van der Waals surface area contributed by atoms with Gasteiger partial charge in [0.25, 0.3) is 7.41 Å². The number of rotatable bonds is 3. The molecule has 6 heteroatoms. The first-order valence-electron chi connectivity index (χ1n) is 3.73. The van der Waals surface area contributed by atoms with E-state index in [4.69, 9.17) is 5.11 Å². The molecule has 1 heterocycles. The number of hydrogen-bond donors (Lipinski definition) is 2. The maximum atomic E-state index is 10.5. The molecular formula is C6H10BN2O3. The van der Waals surface area contributed by atoms with Gasteiger partial charge in [0.15, 0.2) is 0 Å². The van der Waals surface area contributed by atoms with E-state index >= 15 is 0 Å². The Balaban J connectivity index is 2.39. The van der Waals surface area contributed by atoms with Crippen molar-refractivity contribution in [1.29, 1.82) is 0 Å². The van der Waals surface area contributed by atoms with Gasteiger partial charge < -0.3 is 20.0 Å². The summed E-state index contributed by atoms with van der Waals surface area (Å²) in [5, 5.41) is 11.5. The predicted octanol–water partition coefficient (Wildman–Crippen LogP) is -1.85. The van der Waals surface area contributed by atoms with Crippen molar-refractivity contribution in [3.63, 3.8) is 0 Å². The van der Waals surface area contributed by atoms with Crippen molar-refractivity contribution in [1.82, 2.24) is 10.1 Å². The Kier molecular flexibility index (Phi) is 3.24. The third kappa shape index (κ3) is 2.32. The zero-order valence-electron chi connectivity index (χ0n) is 6.56. The average molecular weight is 169 g/mol. The first-order valence-corrected chi connectivity index (χ1v) is 3.73. The Bertz CT molecular complexity index is 188. The quantitative estimate of drug-likeness (QED) is 0.383. The fourth-order valence-corrected chi connectivity index (χ4v) is 1.16. The van der Waals surface area contributed by atoms with E-state index in [2.05, 4.69) is 5.32 Å². The van der Waals surface area contributed by atoms with Gasteiger partial charge in [-0.1, -0.05) is 0 Å². The molecule has 5 nitrogen and oxygen atoms in total. The molecule has 1 radical (unpaired) electrons. The minimum atomic E-state index is -0.876. The summed E-state index contributed by atoms with van der Waals surface area (Å²) in [6.07, 6.45) is 0.671. The van der Waals surface area contributed by atoms with Crippen molar-refractivity contribution in [3.8, 4) is 0 Å². The number of carbonyl (C=O) groups is 2. The van der Waals surface area contributed by atoms with Crippen LogP contribution in [0.3, 0.4) is 0 Å². The normalized spacial score (nSPS) is 24.8. The monoisotopic (exact) mass is 169 g/mol. The van der Waals surface area contributed by atoms with E-state index in [0.717, 1.165) is 0 Å². The largest absolute Gasteiger partial charge is 0.480 e. The standard InChI is InChI=1S/C6H10BN2O3/c10-4-7-9-2-1-8-5(3-9)6(11)12/h4-5,8H,1-3H2,(H,11,12)/t5-/m0/s1. The lowest BCUT2D eigenvalue weighted by molar-refractivity contribution is -0.140. The van der Waals surface area contributed by atoms with Crippen LogP contribution in [0.2, 0.25) is 0 Å². The van der Waals surface area contributed by atoms with Crippen molar-refractivity contribution in [2.24, 2.45) is 0 Å². The number of piperazine rings is 1. The van der Waals surface area contributed by atoms with Crippen LogP contribution in [-0.4, -0.2) is 55.2 Å². The van der Waals surface area contributed by atoms with Crippen molar-refractivity contribution >= 4 is 19.6 Å². The highest BCUT2D eigenvalue weighted by atomic mass is 16.4. The van der Waals surface area contributed by atoms with E-state index in [1.807, 2.05) is 0 Å². The van der Waals surface area contributed by atoms with Crippen molar-refractivity contribution in [3.05, 3.63) is 0 Å². The molecule has 1 fully saturated rings. The Labute approximate surface area is 71.0 Å². The van der Waals surface area contributed by atoms with Crippen molar-refractivity contribution < 1.29 is 14.7 Å². The maximum absolute atomic E-state index is 10.5. The topological polar surface area (TPSA) is 69.6 Å². The zero-order valence-corrected chi connectivity index (χ0v) is 6.56. The number of nitrogens with zero attached hydrogens (tertiary/aromatic N) is 1. The van der Waals surface area contributed by atoms with Gasteiger partial charge in [-0.15, -0.1) is 0 Å². The summed E-state index contributed by atoms with van der Waals surface area (Å²) in [6, 6.07) is -0.560. The molecule has 0 aliphatic carbocycles. The van der Waals surface area contributed by atoms with Gasteiger partial charge in [-0.25, -0.2) is 0 Å². The number of carboxylic acids is 1. The molecule has 1 aliphatic heterocycles. The van der Waals surface area contributed by atoms with Crippen LogP contribution in [0.15, 0.2) is 0 Å². The number of nitrogens with one attached hydrogen (secondary N) is 1. The van der Waals surface area contributed by atoms with Gasteiger partial charge in [-0.2, -0.15) is 0 Å². The summed E-state index contributed by atoms with van der Waals surface area (Å²) < 4.78 is 0. The average Bonchev–Trinajstić information content (AvgIpc) is 2.05. The SMILES string of the molecule is O=C[B]N1CCN[C@H](C(=O)O)C1. The summed E-state index contributed by atoms with van der Waals surface area (Å²) in [6.45, 7) is 1.64.